The Balaban J connectivity index is 2.11. The molecule has 1 aromatic rings. The molecule has 0 atom stereocenters. The van der Waals surface area contributed by atoms with Crippen LogP contribution in [0.4, 0.5) is 21.5 Å². The summed E-state index contributed by atoms with van der Waals surface area (Å²) in [4.78, 5) is 34.8. The lowest BCUT2D eigenvalue weighted by atomic mass is 10.2. The zero-order chi connectivity index (χ0) is 17.9. The zero-order valence-electron chi connectivity index (χ0n) is 13.1. The Morgan fingerprint density at radius 3 is 2.46 bits per heavy atom. The Hall–Kier alpha value is -2.78. The van der Waals surface area contributed by atoms with Crippen LogP contribution in [0.3, 0.4) is 0 Å². The van der Waals surface area contributed by atoms with Crippen molar-refractivity contribution in [3.63, 3.8) is 0 Å². The number of nitro groups is 2. The molecule has 0 bridgehead atoms. The van der Waals surface area contributed by atoms with Crippen LogP contribution in [0.5, 0.6) is 0 Å². The molecular formula is C14H17FN4O5. The van der Waals surface area contributed by atoms with Crippen molar-refractivity contribution in [1.82, 2.24) is 4.90 Å². The summed E-state index contributed by atoms with van der Waals surface area (Å²) in [6.07, 6.45) is 1.92. The third-order valence-electron chi connectivity index (χ3n) is 3.94. The lowest BCUT2D eigenvalue weighted by Crippen LogP contribution is -2.29. The van der Waals surface area contributed by atoms with Gasteiger partial charge in [0.25, 0.3) is 5.69 Å². The molecule has 1 aliphatic heterocycles. The minimum atomic E-state index is -1.12. The van der Waals surface area contributed by atoms with Crippen molar-refractivity contribution < 1.29 is 19.0 Å². The highest BCUT2D eigenvalue weighted by Crippen LogP contribution is 2.33. The van der Waals surface area contributed by atoms with Crippen LogP contribution in [0.2, 0.25) is 0 Å². The predicted octanol–water partition coefficient (Wildman–Crippen LogP) is 2.09. The quantitative estimate of drug-likeness (QED) is 0.555. The molecule has 0 N–H and O–H groups in total. The van der Waals surface area contributed by atoms with Gasteiger partial charge >= 0.3 is 5.69 Å². The summed E-state index contributed by atoms with van der Waals surface area (Å²) in [6, 6.07) is 1.43. The number of nitro benzene ring substituents is 2. The second-order valence-electron chi connectivity index (χ2n) is 5.57. The van der Waals surface area contributed by atoms with Gasteiger partial charge in [-0.05, 0) is 12.8 Å². The smallest absolute Gasteiger partial charge is 0.311 e. The molecule has 0 unspecified atom stereocenters. The fourth-order valence-corrected chi connectivity index (χ4v) is 2.69. The topological polar surface area (TPSA) is 110 Å². The molecule has 9 nitrogen and oxygen atoms in total. The average Bonchev–Trinajstić information content (AvgIpc) is 2.91. The lowest BCUT2D eigenvalue weighted by molar-refractivity contribution is -0.395. The van der Waals surface area contributed by atoms with Crippen LogP contribution < -0.4 is 4.90 Å². The summed E-state index contributed by atoms with van der Waals surface area (Å²) < 4.78 is 13.8. The number of carbonyl (C=O) groups excluding carboxylic acids is 1. The van der Waals surface area contributed by atoms with Crippen LogP contribution in [-0.2, 0) is 4.79 Å². The number of halogens is 1. The number of likely N-dealkylation sites (tertiary alicyclic amines) is 1. The van der Waals surface area contributed by atoms with Crippen LogP contribution in [0.25, 0.3) is 0 Å². The molecule has 1 aromatic carbocycles. The van der Waals surface area contributed by atoms with E-state index in [1.165, 1.54) is 4.90 Å². The molecule has 130 valence electrons. The molecule has 1 fully saturated rings. The maximum absolute atomic E-state index is 13.8. The van der Waals surface area contributed by atoms with Crippen LogP contribution in [0, 0.1) is 26.0 Å². The van der Waals surface area contributed by atoms with Crippen LogP contribution >= 0.6 is 0 Å². The molecule has 0 saturated carbocycles. The number of anilines is 1. The molecule has 0 aliphatic carbocycles. The van der Waals surface area contributed by atoms with Crippen molar-refractivity contribution in [2.24, 2.45) is 0 Å². The lowest BCUT2D eigenvalue weighted by Gasteiger charge is -2.21. The van der Waals surface area contributed by atoms with Gasteiger partial charge in [0.15, 0.2) is 0 Å². The van der Waals surface area contributed by atoms with Gasteiger partial charge in [0.2, 0.25) is 11.7 Å². The number of nitrogens with zero attached hydrogens (tertiary/aromatic N) is 4. The van der Waals surface area contributed by atoms with E-state index in [4.69, 9.17) is 0 Å². The first-order valence-corrected chi connectivity index (χ1v) is 7.42. The molecule has 24 heavy (non-hydrogen) atoms. The first-order valence-electron chi connectivity index (χ1n) is 7.42. The van der Waals surface area contributed by atoms with Gasteiger partial charge in [-0.15, -0.1) is 0 Å². The van der Waals surface area contributed by atoms with Crippen molar-refractivity contribution in [1.29, 1.82) is 0 Å². The fourth-order valence-electron chi connectivity index (χ4n) is 2.69. The maximum atomic E-state index is 13.8. The molecule has 0 aromatic heterocycles. The van der Waals surface area contributed by atoms with Gasteiger partial charge in [-0.3, -0.25) is 25.0 Å². The van der Waals surface area contributed by atoms with Crippen molar-refractivity contribution >= 4 is 23.0 Å². The maximum Gasteiger partial charge on any atom is 0.311 e. The number of benzene rings is 1. The minimum Gasteiger partial charge on any atom is -0.369 e. The molecule has 10 heteroatoms. The van der Waals surface area contributed by atoms with Crippen molar-refractivity contribution in [3.8, 4) is 0 Å². The minimum absolute atomic E-state index is 0.0316. The molecule has 2 rings (SSSR count). The Kier molecular flexibility index (Phi) is 5.27. The Bertz CT molecular complexity index is 681. The number of hydrogen-bond donors (Lipinski definition) is 0. The molecular weight excluding hydrogens is 323 g/mol. The van der Waals surface area contributed by atoms with Gasteiger partial charge in [-0.1, -0.05) is 0 Å². The number of hydrogen-bond acceptors (Lipinski definition) is 6. The number of rotatable bonds is 7. The van der Waals surface area contributed by atoms with E-state index >= 15 is 0 Å². The Morgan fingerprint density at radius 1 is 1.25 bits per heavy atom. The van der Waals surface area contributed by atoms with E-state index in [2.05, 4.69) is 0 Å². The van der Waals surface area contributed by atoms with Gasteiger partial charge in [0.1, 0.15) is 5.69 Å². The van der Waals surface area contributed by atoms with E-state index in [9.17, 15) is 29.4 Å². The zero-order valence-corrected chi connectivity index (χ0v) is 13.1. The van der Waals surface area contributed by atoms with Crippen LogP contribution in [0.1, 0.15) is 19.3 Å². The second kappa shape index (κ2) is 7.20. The van der Waals surface area contributed by atoms with Crippen molar-refractivity contribution in [2.75, 3.05) is 31.6 Å². The third kappa shape index (κ3) is 3.76. The second-order valence-corrected chi connectivity index (χ2v) is 5.57. The van der Waals surface area contributed by atoms with Gasteiger partial charge in [0.05, 0.1) is 15.9 Å². The summed E-state index contributed by atoms with van der Waals surface area (Å²) in [5, 5.41) is 21.8. The van der Waals surface area contributed by atoms with Crippen LogP contribution in [0.15, 0.2) is 12.1 Å². The summed E-state index contributed by atoms with van der Waals surface area (Å²) in [5.74, 6) is -1.04. The summed E-state index contributed by atoms with van der Waals surface area (Å²) in [6.45, 7) is 1.57. The first kappa shape index (κ1) is 17.6. The summed E-state index contributed by atoms with van der Waals surface area (Å²) >= 11 is 0. The van der Waals surface area contributed by atoms with Gasteiger partial charge < -0.3 is 9.80 Å². The molecule has 1 saturated heterocycles. The SMILES string of the molecule is CN(CCCN1CCCC1=O)c1cc(F)c([N+](=O)[O-])cc1[N+](=O)[O-]. The molecule has 1 heterocycles. The van der Waals surface area contributed by atoms with Gasteiger partial charge in [0, 0.05) is 39.2 Å². The number of carbonyl (C=O) groups is 1. The van der Waals surface area contributed by atoms with E-state index in [1.54, 1.807) is 11.9 Å². The summed E-state index contributed by atoms with van der Waals surface area (Å²) in [5.41, 5.74) is -1.49. The third-order valence-corrected chi connectivity index (χ3v) is 3.94. The molecule has 0 spiro atoms. The van der Waals surface area contributed by atoms with Crippen LogP contribution in [-0.4, -0.2) is 47.3 Å². The molecule has 0 radical (unpaired) electrons. The highest BCUT2D eigenvalue weighted by Gasteiger charge is 2.27. The first-order chi connectivity index (χ1) is 11.3. The molecule has 1 amide bonds. The van der Waals surface area contributed by atoms with Crippen molar-refractivity contribution in [3.05, 3.63) is 38.2 Å². The summed E-state index contributed by atoms with van der Waals surface area (Å²) in [7, 11) is 1.54. The van der Waals surface area contributed by atoms with Crippen molar-refractivity contribution in [2.45, 2.75) is 19.3 Å². The van der Waals surface area contributed by atoms with Gasteiger partial charge in [-0.25, -0.2) is 0 Å². The van der Waals surface area contributed by atoms with E-state index in [0.717, 1.165) is 12.5 Å². The highest BCUT2D eigenvalue weighted by molar-refractivity contribution is 5.78. The van der Waals surface area contributed by atoms with E-state index in [1.807, 2.05) is 0 Å². The fraction of sp³-hybridized carbons (Fsp3) is 0.500. The highest BCUT2D eigenvalue weighted by atomic mass is 19.1. The monoisotopic (exact) mass is 340 g/mol. The molecule has 1 aliphatic rings. The Morgan fingerprint density at radius 2 is 1.92 bits per heavy atom. The normalized spacial score (nSPS) is 14.1. The number of amides is 1. The largest absolute Gasteiger partial charge is 0.369 e. The predicted molar refractivity (Wildman–Crippen MR) is 83.4 cm³/mol. The van der Waals surface area contributed by atoms with Gasteiger partial charge in [-0.2, -0.15) is 4.39 Å². The van der Waals surface area contributed by atoms with E-state index in [-0.39, 0.29) is 11.6 Å². The standard InChI is InChI=1S/C14H17FN4O5/c1-16(5-3-7-17-6-2-4-14(17)20)12-8-10(15)11(18(21)22)9-13(12)19(23)24/h8-9H,2-7H2,1H3. The Labute approximate surface area is 136 Å². The van der Waals surface area contributed by atoms with E-state index < -0.39 is 27.0 Å². The van der Waals surface area contributed by atoms with E-state index in [0.29, 0.717) is 38.5 Å². The average molecular weight is 340 g/mol.